The van der Waals surface area contributed by atoms with Crippen molar-refractivity contribution in [3.63, 3.8) is 0 Å². The first-order valence-electron chi connectivity index (χ1n) is 4.66. The fraction of sp³-hybridized carbons (Fsp3) is 0.778. The average Bonchev–Trinajstić information content (AvgIpc) is 2.52. The van der Waals surface area contributed by atoms with E-state index in [1.165, 1.54) is 0 Å². The van der Waals surface area contributed by atoms with Crippen LogP contribution in [-0.2, 0) is 12.1 Å². The molecule has 1 rings (SSSR count). The third kappa shape index (κ3) is 3.31. The first kappa shape index (κ1) is 11.5. The predicted octanol–water partition coefficient (Wildman–Crippen LogP) is 1.26. The van der Waals surface area contributed by atoms with Gasteiger partial charge in [-0.15, -0.1) is 5.10 Å². The molecule has 0 radical (unpaired) electrons. The van der Waals surface area contributed by atoms with Crippen molar-refractivity contribution in [2.24, 2.45) is 0 Å². The summed E-state index contributed by atoms with van der Waals surface area (Å²) in [4.78, 5) is 0. The van der Waals surface area contributed by atoms with Gasteiger partial charge < -0.3 is 5.11 Å². The molecule has 0 aliphatic carbocycles. The van der Waals surface area contributed by atoms with Gasteiger partial charge in [-0.1, -0.05) is 5.21 Å². The monoisotopic (exact) mass is 215 g/mol. The summed E-state index contributed by atoms with van der Waals surface area (Å²) in [6, 6.07) is 0. The second-order valence-electron chi connectivity index (χ2n) is 3.77. The second kappa shape index (κ2) is 4.79. The third-order valence-corrected chi connectivity index (χ3v) is 2.60. The maximum Gasteiger partial charge on any atom is 0.114 e. The lowest BCUT2D eigenvalue weighted by Gasteiger charge is -2.11. The molecule has 0 fully saturated rings. The van der Waals surface area contributed by atoms with Gasteiger partial charge in [0.2, 0.25) is 0 Å². The molecule has 0 amide bonds. The van der Waals surface area contributed by atoms with E-state index in [0.717, 1.165) is 18.7 Å². The van der Waals surface area contributed by atoms with Crippen molar-refractivity contribution in [1.29, 1.82) is 0 Å². The minimum absolute atomic E-state index is 0.627. The molecule has 0 unspecified atom stereocenters. The van der Waals surface area contributed by atoms with E-state index in [1.54, 1.807) is 24.7 Å². The van der Waals surface area contributed by atoms with Gasteiger partial charge >= 0.3 is 0 Å². The van der Waals surface area contributed by atoms with Gasteiger partial charge in [0, 0.05) is 6.54 Å². The number of nitrogens with zero attached hydrogens (tertiary/aromatic N) is 3. The molecule has 1 heterocycles. The van der Waals surface area contributed by atoms with E-state index in [0.29, 0.717) is 5.69 Å². The second-order valence-corrected chi connectivity index (χ2v) is 4.76. The maximum absolute atomic E-state index is 9.65. The number of aryl methyl sites for hydroxylation is 1. The van der Waals surface area contributed by atoms with Crippen molar-refractivity contribution in [2.75, 3.05) is 12.0 Å². The molecule has 0 aliphatic rings. The summed E-state index contributed by atoms with van der Waals surface area (Å²) >= 11 is 1.82. The number of thioether (sulfide) groups is 1. The molecule has 1 aromatic heterocycles. The van der Waals surface area contributed by atoms with Crippen LogP contribution in [0, 0.1) is 0 Å². The molecule has 5 heteroatoms. The van der Waals surface area contributed by atoms with Crippen molar-refractivity contribution in [2.45, 2.75) is 32.4 Å². The van der Waals surface area contributed by atoms with Crippen LogP contribution in [-0.4, -0.2) is 32.1 Å². The van der Waals surface area contributed by atoms with Crippen LogP contribution >= 0.6 is 11.8 Å². The number of hydrogen-bond acceptors (Lipinski definition) is 4. The Balaban J connectivity index is 2.51. The number of rotatable bonds is 5. The first-order valence-corrected chi connectivity index (χ1v) is 6.05. The zero-order chi connectivity index (χ0) is 10.6. The van der Waals surface area contributed by atoms with Crippen LogP contribution < -0.4 is 0 Å². The van der Waals surface area contributed by atoms with Gasteiger partial charge in [0.25, 0.3) is 0 Å². The molecule has 1 N–H and O–H groups in total. The molecule has 1 aromatic rings. The van der Waals surface area contributed by atoms with Crippen molar-refractivity contribution in [3.8, 4) is 0 Å². The number of hydrogen-bond donors (Lipinski definition) is 1. The fourth-order valence-electron chi connectivity index (χ4n) is 1.06. The molecule has 0 saturated carbocycles. The van der Waals surface area contributed by atoms with Crippen LogP contribution in [0.1, 0.15) is 26.0 Å². The highest BCUT2D eigenvalue weighted by molar-refractivity contribution is 7.98. The Bertz CT molecular complexity index is 280. The van der Waals surface area contributed by atoms with Crippen LogP contribution in [0.25, 0.3) is 0 Å². The van der Waals surface area contributed by atoms with E-state index in [1.807, 2.05) is 11.8 Å². The van der Waals surface area contributed by atoms with Crippen LogP contribution in [0.4, 0.5) is 0 Å². The van der Waals surface area contributed by atoms with Gasteiger partial charge in [0.1, 0.15) is 11.3 Å². The first-order chi connectivity index (χ1) is 6.54. The summed E-state index contributed by atoms with van der Waals surface area (Å²) in [5.41, 5.74) is -0.265. The number of aromatic nitrogens is 3. The molecule has 0 atom stereocenters. The minimum atomic E-state index is -0.891. The lowest BCUT2D eigenvalue weighted by Crippen LogP contribution is -2.15. The molecule has 0 bridgehead atoms. The molecular formula is C9H17N3OS. The van der Waals surface area contributed by atoms with Crippen molar-refractivity contribution < 1.29 is 5.11 Å². The Morgan fingerprint density at radius 1 is 1.57 bits per heavy atom. The van der Waals surface area contributed by atoms with Gasteiger partial charge in [-0.05, 0) is 32.3 Å². The molecule has 0 saturated heterocycles. The van der Waals surface area contributed by atoms with Crippen molar-refractivity contribution in [3.05, 3.63) is 11.9 Å². The van der Waals surface area contributed by atoms with Crippen LogP contribution in [0.3, 0.4) is 0 Å². The normalized spacial score (nSPS) is 12.0. The lowest BCUT2D eigenvalue weighted by atomic mass is 10.1. The highest BCUT2D eigenvalue weighted by atomic mass is 32.2. The Morgan fingerprint density at radius 2 is 2.29 bits per heavy atom. The van der Waals surface area contributed by atoms with Gasteiger partial charge in [-0.3, -0.25) is 4.68 Å². The minimum Gasteiger partial charge on any atom is -0.384 e. The zero-order valence-electron chi connectivity index (χ0n) is 8.90. The predicted molar refractivity (Wildman–Crippen MR) is 58.3 cm³/mol. The van der Waals surface area contributed by atoms with E-state index in [-0.39, 0.29) is 0 Å². The fourth-order valence-corrected chi connectivity index (χ4v) is 1.48. The molecule has 14 heavy (non-hydrogen) atoms. The van der Waals surface area contributed by atoms with E-state index in [2.05, 4.69) is 16.6 Å². The Kier molecular flexibility index (Phi) is 3.95. The summed E-state index contributed by atoms with van der Waals surface area (Å²) in [5, 5.41) is 17.5. The van der Waals surface area contributed by atoms with Gasteiger partial charge in [-0.2, -0.15) is 11.8 Å². The van der Waals surface area contributed by atoms with Gasteiger partial charge in [-0.25, -0.2) is 0 Å². The van der Waals surface area contributed by atoms with Crippen LogP contribution in [0.5, 0.6) is 0 Å². The summed E-state index contributed by atoms with van der Waals surface area (Å²) in [6.45, 7) is 4.29. The third-order valence-electron chi connectivity index (χ3n) is 1.90. The molecule has 0 spiro atoms. The summed E-state index contributed by atoms with van der Waals surface area (Å²) in [5.74, 6) is 1.12. The molecule has 80 valence electrons. The SMILES string of the molecule is CSCCCn1cc(C(C)(C)O)nn1. The highest BCUT2D eigenvalue weighted by Gasteiger charge is 2.19. The van der Waals surface area contributed by atoms with E-state index in [9.17, 15) is 5.11 Å². The quantitative estimate of drug-likeness (QED) is 0.751. The zero-order valence-corrected chi connectivity index (χ0v) is 9.71. The average molecular weight is 215 g/mol. The Morgan fingerprint density at radius 3 is 2.79 bits per heavy atom. The maximum atomic E-state index is 9.65. The van der Waals surface area contributed by atoms with E-state index >= 15 is 0 Å². The Labute approximate surface area is 88.7 Å². The van der Waals surface area contributed by atoms with Crippen LogP contribution in [0.15, 0.2) is 6.20 Å². The molecule has 0 aliphatic heterocycles. The smallest absolute Gasteiger partial charge is 0.114 e. The molecule has 0 aromatic carbocycles. The molecular weight excluding hydrogens is 198 g/mol. The topological polar surface area (TPSA) is 50.9 Å². The van der Waals surface area contributed by atoms with Crippen molar-refractivity contribution in [1.82, 2.24) is 15.0 Å². The standard InChI is InChI=1S/C9H17N3OS/c1-9(2,13)8-7-12(11-10-8)5-4-6-14-3/h7,13H,4-6H2,1-3H3. The summed E-state index contributed by atoms with van der Waals surface area (Å²) in [6.07, 6.45) is 4.97. The van der Waals surface area contributed by atoms with E-state index < -0.39 is 5.60 Å². The largest absolute Gasteiger partial charge is 0.384 e. The Hall–Kier alpha value is -0.550. The van der Waals surface area contributed by atoms with E-state index in [4.69, 9.17) is 0 Å². The highest BCUT2D eigenvalue weighted by Crippen LogP contribution is 2.15. The summed E-state index contributed by atoms with van der Waals surface area (Å²) in [7, 11) is 0. The lowest BCUT2D eigenvalue weighted by molar-refractivity contribution is 0.0737. The molecule has 4 nitrogen and oxygen atoms in total. The van der Waals surface area contributed by atoms with Gasteiger partial charge in [0.05, 0.1) is 6.20 Å². The number of aliphatic hydroxyl groups is 1. The van der Waals surface area contributed by atoms with Gasteiger partial charge in [0.15, 0.2) is 0 Å². The van der Waals surface area contributed by atoms with Crippen molar-refractivity contribution >= 4 is 11.8 Å². The van der Waals surface area contributed by atoms with Crippen LogP contribution in [0.2, 0.25) is 0 Å². The summed E-state index contributed by atoms with van der Waals surface area (Å²) < 4.78 is 1.78.